The summed E-state index contributed by atoms with van der Waals surface area (Å²) >= 11 is 0. The Morgan fingerprint density at radius 1 is 1.13 bits per heavy atom. The third kappa shape index (κ3) is 3.22. The molecule has 6 nitrogen and oxygen atoms in total. The topological polar surface area (TPSA) is 85.5 Å². The minimum atomic E-state index is -0.679. The number of fused-ring (bicyclic) bond motifs is 1. The first kappa shape index (κ1) is 15.9. The minimum absolute atomic E-state index is 0.0380. The van der Waals surface area contributed by atoms with Crippen molar-refractivity contribution in [1.82, 2.24) is 4.98 Å². The first-order chi connectivity index (χ1) is 11.1. The summed E-state index contributed by atoms with van der Waals surface area (Å²) in [6.45, 7) is 0. The fraction of sp³-hybridized carbons (Fsp3) is 0.588. The molecule has 0 spiro atoms. The van der Waals surface area contributed by atoms with Crippen molar-refractivity contribution in [1.29, 1.82) is 0 Å². The highest BCUT2D eigenvalue weighted by atomic mass is 16.6. The van der Waals surface area contributed by atoms with E-state index in [2.05, 4.69) is 4.98 Å². The van der Waals surface area contributed by atoms with E-state index >= 15 is 0 Å². The molecule has 6 heteroatoms. The predicted octanol–water partition coefficient (Wildman–Crippen LogP) is 2.01. The monoisotopic (exact) mass is 319 g/mol. The van der Waals surface area contributed by atoms with Gasteiger partial charge in [-0.15, -0.1) is 0 Å². The number of aryl methyl sites for hydroxylation is 1. The molecule has 1 saturated carbocycles. The summed E-state index contributed by atoms with van der Waals surface area (Å²) in [5.74, 6) is -0.717. The van der Waals surface area contributed by atoms with E-state index in [4.69, 9.17) is 9.47 Å². The van der Waals surface area contributed by atoms with E-state index in [9.17, 15) is 14.4 Å². The molecule has 2 aliphatic rings. The molecule has 2 aliphatic carbocycles. The van der Waals surface area contributed by atoms with E-state index in [1.54, 1.807) is 7.11 Å². The van der Waals surface area contributed by atoms with Crippen molar-refractivity contribution in [2.75, 3.05) is 7.11 Å². The van der Waals surface area contributed by atoms with E-state index < -0.39 is 11.5 Å². The molecular formula is C17H21NO5. The average molecular weight is 319 g/mol. The Hall–Kier alpha value is -1.95. The Morgan fingerprint density at radius 3 is 2.61 bits per heavy atom. The van der Waals surface area contributed by atoms with Gasteiger partial charge in [0.05, 0.1) is 6.10 Å². The van der Waals surface area contributed by atoms with Gasteiger partial charge in [0.25, 0.3) is 5.56 Å². The van der Waals surface area contributed by atoms with Crippen LogP contribution in [0, 0.1) is 0 Å². The molecular weight excluding hydrogens is 298 g/mol. The molecule has 0 saturated heterocycles. The highest BCUT2D eigenvalue weighted by Gasteiger charge is 2.30. The minimum Gasteiger partial charge on any atom is -0.456 e. The molecule has 0 aromatic carbocycles. The van der Waals surface area contributed by atoms with E-state index in [1.165, 1.54) is 6.07 Å². The van der Waals surface area contributed by atoms with Gasteiger partial charge >= 0.3 is 5.97 Å². The van der Waals surface area contributed by atoms with Crippen LogP contribution in [0.2, 0.25) is 0 Å². The second kappa shape index (κ2) is 6.66. The van der Waals surface area contributed by atoms with Crippen LogP contribution in [0.3, 0.4) is 0 Å². The zero-order valence-electron chi connectivity index (χ0n) is 13.2. The summed E-state index contributed by atoms with van der Waals surface area (Å²) in [6, 6.07) is 1.39. The Bertz CT molecular complexity index is 678. The number of pyridine rings is 1. The number of aromatic amines is 1. The smallest absolute Gasteiger partial charge is 0.344 e. The number of H-pyrrole nitrogens is 1. The van der Waals surface area contributed by atoms with E-state index in [0.717, 1.165) is 32.1 Å². The molecule has 1 aromatic rings. The molecule has 0 bridgehead atoms. The quantitative estimate of drug-likeness (QED) is 0.861. The van der Waals surface area contributed by atoms with Crippen LogP contribution < -0.4 is 5.56 Å². The van der Waals surface area contributed by atoms with Crippen molar-refractivity contribution < 1.29 is 19.1 Å². The van der Waals surface area contributed by atoms with Crippen LogP contribution in [0.4, 0.5) is 0 Å². The fourth-order valence-electron chi connectivity index (χ4n) is 3.39. The molecule has 0 radical (unpaired) electrons. The summed E-state index contributed by atoms with van der Waals surface area (Å²) in [6.07, 6.45) is 4.93. The van der Waals surface area contributed by atoms with Gasteiger partial charge in [0.15, 0.2) is 5.78 Å². The molecule has 1 fully saturated rings. The number of rotatable bonds is 3. The van der Waals surface area contributed by atoms with Gasteiger partial charge < -0.3 is 14.5 Å². The third-order valence-electron chi connectivity index (χ3n) is 4.68. The largest absolute Gasteiger partial charge is 0.456 e. The molecule has 2 unspecified atom stereocenters. The Morgan fingerprint density at radius 2 is 1.87 bits per heavy atom. The maximum atomic E-state index is 12.4. The van der Waals surface area contributed by atoms with Crippen LogP contribution in [0.15, 0.2) is 10.9 Å². The van der Waals surface area contributed by atoms with Crippen molar-refractivity contribution in [3.05, 3.63) is 33.2 Å². The van der Waals surface area contributed by atoms with Crippen molar-refractivity contribution in [3.8, 4) is 0 Å². The van der Waals surface area contributed by atoms with Gasteiger partial charge in [0.2, 0.25) is 0 Å². The molecule has 124 valence electrons. The third-order valence-corrected chi connectivity index (χ3v) is 4.68. The van der Waals surface area contributed by atoms with Crippen molar-refractivity contribution in [3.63, 3.8) is 0 Å². The summed E-state index contributed by atoms with van der Waals surface area (Å²) in [5.41, 5.74) is 0.470. The average Bonchev–Trinajstić information content (AvgIpc) is 2.55. The van der Waals surface area contributed by atoms with Crippen LogP contribution in [0.5, 0.6) is 0 Å². The molecule has 1 N–H and O–H groups in total. The van der Waals surface area contributed by atoms with E-state index in [1.807, 2.05) is 0 Å². The zero-order valence-corrected chi connectivity index (χ0v) is 13.2. The fourth-order valence-corrected chi connectivity index (χ4v) is 3.39. The maximum Gasteiger partial charge on any atom is 0.344 e. The van der Waals surface area contributed by atoms with Crippen molar-refractivity contribution in [2.45, 2.75) is 57.2 Å². The predicted molar refractivity (Wildman–Crippen MR) is 82.8 cm³/mol. The molecule has 3 rings (SSSR count). The van der Waals surface area contributed by atoms with Gasteiger partial charge in [-0.2, -0.15) is 0 Å². The summed E-state index contributed by atoms with van der Waals surface area (Å²) in [5, 5.41) is 0. The number of carbonyl (C=O) groups is 2. The molecule has 23 heavy (non-hydrogen) atoms. The number of aromatic nitrogens is 1. The van der Waals surface area contributed by atoms with Gasteiger partial charge in [-0.1, -0.05) is 6.42 Å². The zero-order chi connectivity index (χ0) is 16.4. The van der Waals surface area contributed by atoms with Gasteiger partial charge in [-0.3, -0.25) is 9.59 Å². The molecule has 0 aliphatic heterocycles. The van der Waals surface area contributed by atoms with Gasteiger partial charge in [0.1, 0.15) is 11.7 Å². The standard InChI is InChI=1S/C17H21NO5/c1-22-14-7-2-3-8-15(14)23-17(21)11-9-10-12(18-16(11)20)5-4-6-13(10)19/h9,14-15H,2-8H2,1H3,(H,18,20). The SMILES string of the molecule is COC1CCCCC1OC(=O)c1cc2c([nH]c1=O)CCCC2=O. The first-order valence-electron chi connectivity index (χ1n) is 8.13. The molecule has 1 heterocycles. The number of ether oxygens (including phenoxy) is 2. The van der Waals surface area contributed by atoms with Gasteiger partial charge in [0, 0.05) is 24.8 Å². The number of esters is 1. The lowest BCUT2D eigenvalue weighted by Crippen LogP contribution is -2.37. The number of methoxy groups -OCH3 is 1. The highest BCUT2D eigenvalue weighted by Crippen LogP contribution is 2.24. The molecule has 1 aromatic heterocycles. The van der Waals surface area contributed by atoms with Crippen molar-refractivity contribution >= 4 is 11.8 Å². The van der Waals surface area contributed by atoms with Gasteiger partial charge in [-0.05, 0) is 38.2 Å². The Kier molecular flexibility index (Phi) is 4.61. The van der Waals surface area contributed by atoms with Crippen LogP contribution in [0.1, 0.15) is 64.9 Å². The summed E-state index contributed by atoms with van der Waals surface area (Å²) in [4.78, 5) is 39.1. The number of hydrogen-bond acceptors (Lipinski definition) is 5. The Balaban J connectivity index is 1.83. The lowest BCUT2D eigenvalue weighted by atomic mass is 9.93. The second-order valence-electron chi connectivity index (χ2n) is 6.18. The number of nitrogens with one attached hydrogen (secondary N) is 1. The summed E-state index contributed by atoms with van der Waals surface area (Å²) in [7, 11) is 1.60. The normalized spacial score (nSPS) is 24.1. The van der Waals surface area contributed by atoms with Crippen LogP contribution in [-0.2, 0) is 15.9 Å². The van der Waals surface area contributed by atoms with Crippen LogP contribution in [-0.4, -0.2) is 36.1 Å². The van der Waals surface area contributed by atoms with Gasteiger partial charge in [-0.25, -0.2) is 4.79 Å². The second-order valence-corrected chi connectivity index (χ2v) is 6.18. The number of Topliss-reactive ketones (excluding diaryl/α,β-unsaturated/α-hetero) is 1. The first-order valence-corrected chi connectivity index (χ1v) is 8.13. The van der Waals surface area contributed by atoms with Crippen LogP contribution in [0.25, 0.3) is 0 Å². The van der Waals surface area contributed by atoms with Crippen LogP contribution >= 0.6 is 0 Å². The summed E-state index contributed by atoms with van der Waals surface area (Å²) < 4.78 is 10.9. The van der Waals surface area contributed by atoms with Crippen molar-refractivity contribution in [2.24, 2.45) is 0 Å². The van der Waals surface area contributed by atoms with E-state index in [0.29, 0.717) is 24.1 Å². The van der Waals surface area contributed by atoms with E-state index in [-0.39, 0.29) is 23.6 Å². The molecule has 0 amide bonds. The number of hydrogen-bond donors (Lipinski definition) is 1. The number of ketones is 1. The lowest BCUT2D eigenvalue weighted by molar-refractivity contribution is -0.0540. The molecule has 2 atom stereocenters. The highest BCUT2D eigenvalue weighted by molar-refractivity contribution is 6.00. The lowest BCUT2D eigenvalue weighted by Gasteiger charge is -2.29. The number of carbonyl (C=O) groups excluding carboxylic acids is 2. The Labute approximate surface area is 134 Å². The maximum absolute atomic E-state index is 12.4.